The average Bonchev–Trinajstić information content (AvgIpc) is 3.77. The first-order valence-corrected chi connectivity index (χ1v) is 17.7. The number of piperidine rings is 1. The summed E-state index contributed by atoms with van der Waals surface area (Å²) in [4.78, 5) is 34.6. The Labute approximate surface area is 288 Å². The number of carbonyl (C=O) groups is 2. The van der Waals surface area contributed by atoms with Crippen LogP contribution in [0.3, 0.4) is 0 Å². The lowest BCUT2D eigenvalue weighted by atomic mass is 9.58. The number of rotatable bonds is 11. The Morgan fingerprint density at radius 2 is 1.88 bits per heavy atom. The van der Waals surface area contributed by atoms with Gasteiger partial charge in [0.1, 0.15) is 17.7 Å². The van der Waals surface area contributed by atoms with E-state index >= 15 is 4.39 Å². The highest BCUT2D eigenvalue weighted by molar-refractivity contribution is 6.00. The van der Waals surface area contributed by atoms with Crippen LogP contribution < -0.4 is 15.5 Å². The van der Waals surface area contributed by atoms with Crippen LogP contribution in [-0.4, -0.2) is 79.4 Å². The zero-order valence-electron chi connectivity index (χ0n) is 28.8. The molecule has 0 radical (unpaired) electrons. The van der Waals surface area contributed by atoms with E-state index in [1.807, 2.05) is 24.5 Å². The maximum Gasteiger partial charge on any atom is 0.407 e. The predicted octanol–water partition coefficient (Wildman–Crippen LogP) is 5.13. The Morgan fingerprint density at radius 1 is 1.08 bits per heavy atom. The summed E-state index contributed by atoms with van der Waals surface area (Å²) in [6.07, 6.45) is 8.53. The van der Waals surface area contributed by atoms with Gasteiger partial charge in [0.25, 0.3) is 5.91 Å². The van der Waals surface area contributed by atoms with Gasteiger partial charge in [0.2, 0.25) is 0 Å². The van der Waals surface area contributed by atoms with Gasteiger partial charge in [-0.15, -0.1) is 0 Å². The molecule has 2 aromatic carbocycles. The molecular weight excluding hydrogens is 621 g/mol. The minimum absolute atomic E-state index is 0.0254. The molecule has 3 heterocycles. The largest absolute Gasteiger partial charge is 0.446 e. The number of nitrogens with zero attached hydrogens (tertiary/aromatic N) is 5. The van der Waals surface area contributed by atoms with Gasteiger partial charge in [0, 0.05) is 82.0 Å². The van der Waals surface area contributed by atoms with Gasteiger partial charge in [-0.05, 0) is 87.0 Å². The third-order valence-corrected chi connectivity index (χ3v) is 11.2. The number of anilines is 1. The van der Waals surface area contributed by atoms with Gasteiger partial charge in [-0.25, -0.2) is 14.2 Å². The Bertz CT molecular complexity index is 1670. The monoisotopic (exact) mass is 669 g/mol. The van der Waals surface area contributed by atoms with Crippen molar-refractivity contribution in [2.45, 2.75) is 63.5 Å². The zero-order valence-corrected chi connectivity index (χ0v) is 28.8. The second-order valence-corrected chi connectivity index (χ2v) is 13.9. The number of aryl methyl sites for hydroxylation is 1. The van der Waals surface area contributed by atoms with Gasteiger partial charge in [-0.3, -0.25) is 4.79 Å². The van der Waals surface area contributed by atoms with Gasteiger partial charge in [-0.2, -0.15) is 5.26 Å². The Morgan fingerprint density at radius 3 is 2.57 bits per heavy atom. The van der Waals surface area contributed by atoms with E-state index in [9.17, 15) is 14.9 Å². The molecule has 0 spiro atoms. The molecule has 2 saturated heterocycles. The minimum atomic E-state index is -0.465. The molecule has 3 atom stereocenters. The van der Waals surface area contributed by atoms with Crippen molar-refractivity contribution in [1.29, 1.82) is 5.26 Å². The molecule has 10 nitrogen and oxygen atoms in total. The van der Waals surface area contributed by atoms with Crippen LogP contribution in [-0.2, 0) is 23.1 Å². The predicted molar refractivity (Wildman–Crippen MR) is 186 cm³/mol. The summed E-state index contributed by atoms with van der Waals surface area (Å²) in [5.74, 6) is 1.29. The number of nitriles is 1. The first-order chi connectivity index (χ1) is 23.8. The quantitative estimate of drug-likeness (QED) is 0.291. The number of imidazole rings is 1. The molecule has 260 valence electrons. The molecule has 3 aromatic rings. The Kier molecular flexibility index (Phi) is 10.5. The fourth-order valence-electron chi connectivity index (χ4n) is 8.88. The van der Waals surface area contributed by atoms with Crippen molar-refractivity contribution in [1.82, 2.24) is 25.1 Å². The van der Waals surface area contributed by atoms with Crippen molar-refractivity contribution in [3.05, 3.63) is 83.2 Å². The third-order valence-electron chi connectivity index (χ3n) is 11.2. The highest BCUT2D eigenvalue weighted by Crippen LogP contribution is 2.52. The summed E-state index contributed by atoms with van der Waals surface area (Å²) in [6, 6.07) is 14.6. The number of hydrogen-bond donors (Lipinski definition) is 2. The average molecular weight is 670 g/mol. The molecule has 11 heteroatoms. The van der Waals surface area contributed by atoms with E-state index in [4.69, 9.17) is 4.74 Å². The number of amides is 2. The number of aromatic nitrogens is 2. The van der Waals surface area contributed by atoms with Crippen molar-refractivity contribution in [3.63, 3.8) is 0 Å². The van der Waals surface area contributed by atoms with Crippen molar-refractivity contribution in [2.75, 3.05) is 51.7 Å². The van der Waals surface area contributed by atoms with Crippen LogP contribution in [0.5, 0.6) is 0 Å². The number of benzene rings is 2. The lowest BCUT2D eigenvalue weighted by Gasteiger charge is -2.51. The molecule has 2 aliphatic heterocycles. The lowest BCUT2D eigenvalue weighted by Crippen LogP contribution is -2.55. The highest BCUT2D eigenvalue weighted by Gasteiger charge is 2.53. The summed E-state index contributed by atoms with van der Waals surface area (Å²) in [5, 5.41) is 14.7. The normalized spacial score (nSPS) is 21.4. The second kappa shape index (κ2) is 15.0. The van der Waals surface area contributed by atoms with Crippen LogP contribution in [0.2, 0.25) is 0 Å². The number of hydrogen-bond acceptors (Lipinski definition) is 7. The van der Waals surface area contributed by atoms with Crippen LogP contribution >= 0.6 is 0 Å². The van der Waals surface area contributed by atoms with Gasteiger partial charge in [0.05, 0.1) is 17.2 Å². The maximum atomic E-state index is 15.1. The van der Waals surface area contributed by atoms with E-state index < -0.39 is 11.5 Å². The second-order valence-electron chi connectivity index (χ2n) is 13.9. The van der Waals surface area contributed by atoms with E-state index in [1.54, 1.807) is 32.3 Å². The van der Waals surface area contributed by atoms with E-state index in [0.29, 0.717) is 23.6 Å². The maximum absolute atomic E-state index is 15.1. The number of ether oxygens (including phenoxy) is 1. The van der Waals surface area contributed by atoms with Crippen LogP contribution in [0.15, 0.2) is 54.9 Å². The molecule has 49 heavy (non-hydrogen) atoms. The summed E-state index contributed by atoms with van der Waals surface area (Å²) in [6.45, 7) is 7.28. The molecule has 2 N–H and O–H groups in total. The standard InChI is InChI=1S/C38H48FN7O3/c1-4-35-43-15-18-45(35)25-38(29-7-5-8-30(39)20-29,32-9-6-10-34(32)49-37(48)42-3)28-13-16-44(17-14-28)22-27-23-46(24-27)33-12-11-26(21-40)19-31(33)36(47)41-2/h5,7-8,11-12,15,18-20,27-28,32,34H,4,6,9-10,13-14,16-17,22-25H2,1-3H3,(H,41,47)(H,42,48). The molecule has 1 saturated carbocycles. The zero-order chi connectivity index (χ0) is 34.5. The van der Waals surface area contributed by atoms with Crippen molar-refractivity contribution in [2.24, 2.45) is 17.8 Å². The van der Waals surface area contributed by atoms with Crippen LogP contribution in [0, 0.1) is 34.9 Å². The van der Waals surface area contributed by atoms with Crippen LogP contribution in [0.25, 0.3) is 0 Å². The fraction of sp³-hybridized carbons (Fsp3) is 0.526. The third kappa shape index (κ3) is 7.02. The molecule has 1 aromatic heterocycles. The number of halogens is 1. The lowest BCUT2D eigenvalue weighted by molar-refractivity contribution is 0.00160. The van der Waals surface area contributed by atoms with Crippen molar-refractivity contribution < 1.29 is 18.7 Å². The summed E-state index contributed by atoms with van der Waals surface area (Å²) in [5.41, 5.74) is 2.38. The molecule has 0 bridgehead atoms. The topological polar surface area (TPSA) is 116 Å². The number of likely N-dealkylation sites (tertiary alicyclic amines) is 1. The summed E-state index contributed by atoms with van der Waals surface area (Å²) < 4.78 is 23.4. The fourth-order valence-corrected chi connectivity index (χ4v) is 8.88. The molecule has 3 fully saturated rings. The molecule has 3 aliphatic rings. The number of nitrogens with one attached hydrogen (secondary N) is 2. The van der Waals surface area contributed by atoms with Gasteiger partial charge >= 0.3 is 6.09 Å². The summed E-state index contributed by atoms with van der Waals surface area (Å²) in [7, 11) is 3.20. The van der Waals surface area contributed by atoms with Gasteiger partial charge < -0.3 is 29.7 Å². The number of carbonyl (C=O) groups excluding carboxylic acids is 2. The molecule has 3 unspecified atom stereocenters. The van der Waals surface area contributed by atoms with Crippen molar-refractivity contribution in [3.8, 4) is 6.07 Å². The van der Waals surface area contributed by atoms with E-state index in [-0.39, 0.29) is 29.7 Å². The van der Waals surface area contributed by atoms with Gasteiger partial charge in [0.15, 0.2) is 0 Å². The smallest absolute Gasteiger partial charge is 0.407 e. The van der Waals surface area contributed by atoms with Crippen LogP contribution in [0.4, 0.5) is 14.9 Å². The number of alkyl carbamates (subject to hydrolysis) is 1. The summed E-state index contributed by atoms with van der Waals surface area (Å²) >= 11 is 0. The van der Waals surface area contributed by atoms with Crippen LogP contribution in [0.1, 0.15) is 66.3 Å². The van der Waals surface area contributed by atoms with Gasteiger partial charge in [-0.1, -0.05) is 19.1 Å². The minimum Gasteiger partial charge on any atom is -0.446 e. The van der Waals surface area contributed by atoms with E-state index in [2.05, 4.69) is 49.0 Å². The SMILES string of the molecule is CCc1nccn1CC(c1cccc(F)c1)(C1CCN(CC2CN(c3ccc(C#N)cc3C(=O)NC)C2)CC1)C1CCCC1OC(=O)NC. The van der Waals surface area contributed by atoms with E-state index in [1.165, 1.54) is 6.07 Å². The van der Waals surface area contributed by atoms with Crippen molar-refractivity contribution >= 4 is 17.7 Å². The molecule has 2 amide bonds. The Hall–Kier alpha value is -4.43. The molecule has 6 rings (SSSR count). The molecule has 1 aliphatic carbocycles. The molecular formula is C38H48FN7O3. The Balaban J connectivity index is 1.22. The first-order valence-electron chi connectivity index (χ1n) is 17.7. The van der Waals surface area contributed by atoms with E-state index in [0.717, 1.165) is 88.3 Å². The highest BCUT2D eigenvalue weighted by atomic mass is 19.1. The first kappa shape index (κ1) is 34.4.